The molecule has 0 bridgehead atoms. The Morgan fingerprint density at radius 1 is 1.14 bits per heavy atom. The van der Waals surface area contributed by atoms with Crippen molar-refractivity contribution in [3.63, 3.8) is 0 Å². The maximum absolute atomic E-state index is 2.36. The predicted molar refractivity (Wildman–Crippen MR) is 62.6 cm³/mol. The topological polar surface area (TPSA) is 8.91 Å². The van der Waals surface area contributed by atoms with Gasteiger partial charge < -0.3 is 0 Å². The Kier molecular flexibility index (Phi) is 2.50. The third kappa shape index (κ3) is 1.78. The Morgan fingerprint density at radius 2 is 1.86 bits per heavy atom. The van der Waals surface area contributed by atoms with Gasteiger partial charge in [-0.15, -0.1) is 0 Å². The molecule has 0 N–H and O–H groups in total. The molecule has 1 aromatic rings. The molecule has 3 heteroatoms. The first-order chi connectivity index (χ1) is 6.77. The van der Waals surface area contributed by atoms with Gasteiger partial charge in [-0.2, -0.15) is 4.58 Å². The van der Waals surface area contributed by atoms with Crippen molar-refractivity contribution in [1.82, 2.24) is 4.90 Å². The first kappa shape index (κ1) is 9.22. The van der Waals surface area contributed by atoms with E-state index in [4.69, 9.17) is 0 Å². The highest BCUT2D eigenvalue weighted by molar-refractivity contribution is 6.58. The molecule has 2 rings (SSSR count). The third-order valence-electron chi connectivity index (χ3n) is 1.95. The second-order valence-corrected chi connectivity index (χ2v) is 3.12. The minimum absolute atomic E-state index is 0.254. The molecule has 0 unspecified atom stereocenters. The number of benzene rings is 1. The molecule has 0 amide bonds. The average molecular weight is 186 g/mol. The van der Waals surface area contributed by atoms with E-state index in [1.54, 1.807) is 0 Å². The number of hydrogen-bond donors (Lipinski definition) is 0. The zero-order chi connectivity index (χ0) is 9.97. The fourth-order valence-electron chi connectivity index (χ4n) is 1.32. The molecule has 0 aromatic heterocycles. The standard InChI is InChI=1S/C11H15BN2/c1-13-7-8-14(11(13)12)9-10-5-3-2-4-6-10/h2-8H,9H2,1,12H3/q+1. The van der Waals surface area contributed by atoms with Gasteiger partial charge in [0.1, 0.15) is 14.9 Å². The summed E-state index contributed by atoms with van der Waals surface area (Å²) in [4.78, 5) is 2.36. The molecule has 0 fully saturated rings. The molecule has 1 radical (unpaired) electrons. The van der Waals surface area contributed by atoms with E-state index in [2.05, 4.69) is 59.3 Å². The van der Waals surface area contributed by atoms with Crippen molar-refractivity contribution in [2.24, 2.45) is 0 Å². The molecular formula is C11H15BN2+. The van der Waals surface area contributed by atoms with Crippen molar-refractivity contribution in [2.75, 3.05) is 7.05 Å². The van der Waals surface area contributed by atoms with E-state index in [-0.39, 0.29) is 7.85 Å². The van der Waals surface area contributed by atoms with Gasteiger partial charge in [-0.05, 0) is 0 Å². The van der Waals surface area contributed by atoms with Crippen LogP contribution < -0.4 is 4.90 Å². The maximum Gasteiger partial charge on any atom is 0.229 e. The summed E-state index contributed by atoms with van der Waals surface area (Å²) < 4.78 is 2.24. The van der Waals surface area contributed by atoms with E-state index in [0.29, 0.717) is 0 Å². The fraction of sp³-hybridized carbons (Fsp3) is 0.182. The molecule has 1 aliphatic rings. The lowest BCUT2D eigenvalue weighted by molar-refractivity contribution is -0.417. The molecule has 14 heavy (non-hydrogen) atoms. The van der Waals surface area contributed by atoms with Crippen LogP contribution in [0, 0.1) is 0 Å². The summed E-state index contributed by atoms with van der Waals surface area (Å²) in [6.07, 6.45) is 4.32. The summed E-state index contributed by atoms with van der Waals surface area (Å²) in [7, 11) is 2.38. The van der Waals surface area contributed by atoms with E-state index in [1.165, 1.54) is 11.3 Å². The molecule has 0 spiro atoms. The highest BCUT2D eigenvalue weighted by atomic mass is 15.2. The molecule has 71 valence electrons. The van der Waals surface area contributed by atoms with Gasteiger partial charge in [0.2, 0.25) is 12.4 Å². The second-order valence-electron chi connectivity index (χ2n) is 3.12. The average Bonchev–Trinajstić information content (AvgIpc) is 2.52. The summed E-state index contributed by atoms with van der Waals surface area (Å²) >= 11 is 0. The van der Waals surface area contributed by atoms with Crippen LogP contribution in [0.4, 0.5) is 0 Å². The normalized spacial score (nSPS) is 16.7. The van der Waals surface area contributed by atoms with E-state index in [1.807, 2.05) is 0 Å². The molecule has 1 aliphatic heterocycles. The van der Waals surface area contributed by atoms with Crippen LogP contribution in [0.25, 0.3) is 0 Å². The number of rotatable bonds is 2. The molecule has 1 heterocycles. The fourth-order valence-corrected chi connectivity index (χ4v) is 1.32. The lowest BCUT2D eigenvalue weighted by Crippen LogP contribution is -2.32. The van der Waals surface area contributed by atoms with Crippen LogP contribution in [-0.4, -0.2) is 25.2 Å². The van der Waals surface area contributed by atoms with Crippen molar-refractivity contribution in [2.45, 2.75) is 6.54 Å². The largest absolute Gasteiger partial charge is 0.229 e. The Bertz CT molecular complexity index is 382. The summed E-state index contributed by atoms with van der Waals surface area (Å²) in [6, 6.07) is 10.6. The van der Waals surface area contributed by atoms with E-state index < -0.39 is 0 Å². The summed E-state index contributed by atoms with van der Waals surface area (Å²) in [5.41, 5.74) is 2.90. The highest BCUT2D eigenvalue weighted by Crippen LogP contribution is 2.05. The Balaban J connectivity index is 2.11. The number of nitrogens with zero attached hydrogens (tertiary/aromatic N) is 2. The Morgan fingerprint density at radius 3 is 2.43 bits per heavy atom. The SMILES string of the molecule is [BH3-]C1=[N+](C)C=C[N+]1Cc1ccccc1. The summed E-state index contributed by atoms with van der Waals surface area (Å²) in [5, 5.41) is 0. The molecule has 1 aromatic carbocycles. The summed E-state index contributed by atoms with van der Waals surface area (Å²) in [5.74, 6) is 0. The molecule has 0 saturated carbocycles. The van der Waals surface area contributed by atoms with Gasteiger partial charge in [0, 0.05) is 5.56 Å². The lowest BCUT2D eigenvalue weighted by Gasteiger charge is -2.02. The minimum atomic E-state index is 0.254. The van der Waals surface area contributed by atoms with Crippen LogP contribution in [-0.2, 0) is 6.54 Å². The van der Waals surface area contributed by atoms with Crippen molar-refractivity contribution in [3.05, 3.63) is 48.3 Å². The summed E-state index contributed by atoms with van der Waals surface area (Å²) in [6.45, 7) is 1.01. The molecule has 2 nitrogen and oxygen atoms in total. The van der Waals surface area contributed by atoms with Crippen molar-refractivity contribution in [1.29, 1.82) is 0 Å². The molecular weight excluding hydrogens is 171 g/mol. The van der Waals surface area contributed by atoms with Gasteiger partial charge in [0.05, 0.1) is 0 Å². The van der Waals surface area contributed by atoms with Gasteiger partial charge in [-0.25, -0.2) is 0 Å². The monoisotopic (exact) mass is 186 g/mol. The van der Waals surface area contributed by atoms with Gasteiger partial charge in [0.15, 0.2) is 12.3 Å². The van der Waals surface area contributed by atoms with Gasteiger partial charge in [0.25, 0.3) is 0 Å². The second kappa shape index (κ2) is 3.80. The van der Waals surface area contributed by atoms with Crippen molar-refractivity contribution >= 4 is 13.6 Å². The lowest BCUT2D eigenvalue weighted by atomic mass is 10.1. The zero-order valence-corrected chi connectivity index (χ0v) is 7.64. The van der Waals surface area contributed by atoms with E-state index in [9.17, 15) is 0 Å². The first-order valence-electron chi connectivity index (χ1n) is 4.32. The van der Waals surface area contributed by atoms with E-state index >= 15 is 0 Å². The quantitative estimate of drug-likeness (QED) is 0.460. The van der Waals surface area contributed by atoms with E-state index in [0.717, 1.165) is 6.54 Å². The Labute approximate surface area is 85.6 Å². The smallest absolute Gasteiger partial charge is 0.189 e. The van der Waals surface area contributed by atoms with Gasteiger partial charge in [-0.3, -0.25) is 0 Å². The van der Waals surface area contributed by atoms with Crippen molar-refractivity contribution in [3.8, 4) is 0 Å². The van der Waals surface area contributed by atoms with Crippen LogP contribution in [0.1, 0.15) is 5.56 Å². The van der Waals surface area contributed by atoms with Crippen LogP contribution in [0.2, 0.25) is 0 Å². The molecule has 0 aliphatic carbocycles. The number of hydrogen-bond acceptors (Lipinski definition) is 1. The number of amidine groups is 1. The van der Waals surface area contributed by atoms with Crippen LogP contribution in [0.15, 0.2) is 42.7 Å². The third-order valence-corrected chi connectivity index (χ3v) is 1.95. The highest BCUT2D eigenvalue weighted by Gasteiger charge is 2.24. The van der Waals surface area contributed by atoms with Gasteiger partial charge in [-0.1, -0.05) is 35.2 Å². The zero-order valence-electron chi connectivity index (χ0n) is 7.64. The minimum Gasteiger partial charge on any atom is -0.189 e. The van der Waals surface area contributed by atoms with Gasteiger partial charge >= 0.3 is 0 Å². The van der Waals surface area contributed by atoms with Crippen LogP contribution in [0.5, 0.6) is 0 Å². The predicted octanol–water partition coefficient (Wildman–Crippen LogP) is 0.175. The van der Waals surface area contributed by atoms with Crippen LogP contribution in [0.3, 0.4) is 0 Å². The van der Waals surface area contributed by atoms with Crippen molar-refractivity contribution < 1.29 is 4.58 Å². The first-order valence-corrected chi connectivity index (χ1v) is 4.32. The molecule has 0 saturated heterocycles. The van der Waals surface area contributed by atoms with Crippen LogP contribution >= 0.6 is 0 Å². The molecule has 0 atom stereocenters. The maximum atomic E-state index is 2.36. The Hall–Kier alpha value is -1.35.